The molecule has 1 aliphatic rings. The molecule has 2 aromatic rings. The third-order valence-electron chi connectivity index (χ3n) is 4.70. The van der Waals surface area contributed by atoms with Crippen LogP contribution in [0.4, 0.5) is 0 Å². The summed E-state index contributed by atoms with van der Waals surface area (Å²) in [6.45, 7) is 4.56. The predicted octanol–water partition coefficient (Wildman–Crippen LogP) is 3.14. The van der Waals surface area contributed by atoms with E-state index in [2.05, 4.69) is 36.5 Å². The molecule has 1 aliphatic carbocycles. The average molecular weight is 271 g/mol. The van der Waals surface area contributed by atoms with E-state index in [1.165, 1.54) is 42.4 Å². The van der Waals surface area contributed by atoms with Gasteiger partial charge in [0.2, 0.25) is 0 Å². The zero-order valence-electron chi connectivity index (χ0n) is 12.6. The van der Waals surface area contributed by atoms with E-state index in [-0.39, 0.29) is 0 Å². The molecule has 1 fully saturated rings. The van der Waals surface area contributed by atoms with E-state index in [1.807, 2.05) is 11.7 Å². The highest BCUT2D eigenvalue weighted by Crippen LogP contribution is 2.37. The molecular weight excluding hydrogens is 246 g/mol. The van der Waals surface area contributed by atoms with Gasteiger partial charge in [-0.25, -0.2) is 0 Å². The van der Waals surface area contributed by atoms with Crippen molar-refractivity contribution in [2.75, 3.05) is 13.1 Å². The fourth-order valence-corrected chi connectivity index (χ4v) is 3.33. The van der Waals surface area contributed by atoms with Gasteiger partial charge in [0.25, 0.3) is 0 Å². The van der Waals surface area contributed by atoms with Gasteiger partial charge in [-0.05, 0) is 56.7 Å². The van der Waals surface area contributed by atoms with Gasteiger partial charge in [-0.2, -0.15) is 5.10 Å². The number of aryl methyl sites for hydroxylation is 1. The molecule has 0 aliphatic heterocycles. The Kier molecular flexibility index (Phi) is 4.06. The van der Waals surface area contributed by atoms with Crippen molar-refractivity contribution in [1.82, 2.24) is 15.1 Å². The van der Waals surface area contributed by atoms with Crippen LogP contribution < -0.4 is 5.32 Å². The minimum atomic E-state index is 0.817. The number of fused-ring (bicyclic) bond motifs is 1. The summed E-state index contributed by atoms with van der Waals surface area (Å²) >= 11 is 0. The summed E-state index contributed by atoms with van der Waals surface area (Å²) in [5.74, 6) is 1.67. The Balaban J connectivity index is 1.67. The highest BCUT2D eigenvalue weighted by atomic mass is 15.3. The van der Waals surface area contributed by atoms with Crippen molar-refractivity contribution in [2.24, 2.45) is 18.9 Å². The van der Waals surface area contributed by atoms with Gasteiger partial charge in [-0.1, -0.05) is 25.1 Å². The maximum absolute atomic E-state index is 4.74. The Morgan fingerprint density at radius 1 is 1.25 bits per heavy atom. The zero-order chi connectivity index (χ0) is 13.9. The number of rotatable bonds is 6. The van der Waals surface area contributed by atoms with Crippen LogP contribution in [-0.4, -0.2) is 22.9 Å². The standard InChI is InChI=1S/C17H25N3/c1-3-10-18-12-14-9-8-13(14)11-16-15-6-4-5-7-17(15)20(2)19-16/h4-7,13-14,18H,3,8-12H2,1-2H3. The molecule has 0 saturated heterocycles. The van der Waals surface area contributed by atoms with Gasteiger partial charge in [0.15, 0.2) is 0 Å². The first-order chi connectivity index (χ1) is 9.79. The van der Waals surface area contributed by atoms with Crippen molar-refractivity contribution in [3.8, 4) is 0 Å². The second-order valence-electron chi connectivity index (χ2n) is 6.09. The molecule has 1 aromatic heterocycles. The average Bonchev–Trinajstić information content (AvgIpc) is 2.77. The summed E-state index contributed by atoms with van der Waals surface area (Å²) in [6, 6.07) is 8.58. The molecule has 0 amide bonds. The predicted molar refractivity (Wildman–Crippen MR) is 83.8 cm³/mol. The lowest BCUT2D eigenvalue weighted by atomic mass is 9.71. The molecule has 1 N–H and O–H groups in total. The molecule has 3 rings (SSSR count). The SMILES string of the molecule is CCCNCC1CCC1Cc1nn(C)c2ccccc12. The quantitative estimate of drug-likeness (QED) is 0.818. The van der Waals surface area contributed by atoms with Gasteiger partial charge < -0.3 is 5.32 Å². The van der Waals surface area contributed by atoms with Crippen molar-refractivity contribution < 1.29 is 0 Å². The van der Waals surface area contributed by atoms with Crippen LogP contribution in [0.2, 0.25) is 0 Å². The lowest BCUT2D eigenvalue weighted by molar-refractivity contribution is 0.170. The number of hydrogen-bond donors (Lipinski definition) is 1. The number of para-hydroxylation sites is 1. The van der Waals surface area contributed by atoms with E-state index < -0.39 is 0 Å². The summed E-state index contributed by atoms with van der Waals surface area (Å²) < 4.78 is 2.02. The Labute approximate surface area is 121 Å². The minimum Gasteiger partial charge on any atom is -0.316 e. The van der Waals surface area contributed by atoms with Crippen molar-refractivity contribution in [3.63, 3.8) is 0 Å². The fourth-order valence-electron chi connectivity index (χ4n) is 3.33. The molecule has 0 radical (unpaired) electrons. The first-order valence-electron chi connectivity index (χ1n) is 7.91. The first-order valence-corrected chi connectivity index (χ1v) is 7.91. The van der Waals surface area contributed by atoms with Gasteiger partial charge in [0.1, 0.15) is 0 Å². The van der Waals surface area contributed by atoms with Crippen LogP contribution in [0.15, 0.2) is 24.3 Å². The maximum Gasteiger partial charge on any atom is 0.0706 e. The first kappa shape index (κ1) is 13.6. The molecule has 1 aromatic carbocycles. The molecule has 2 atom stereocenters. The van der Waals surface area contributed by atoms with E-state index in [0.29, 0.717) is 0 Å². The van der Waals surface area contributed by atoms with Crippen LogP contribution in [0.25, 0.3) is 10.9 Å². The monoisotopic (exact) mass is 271 g/mol. The molecule has 20 heavy (non-hydrogen) atoms. The number of benzene rings is 1. The van der Waals surface area contributed by atoms with Crippen molar-refractivity contribution >= 4 is 10.9 Å². The highest BCUT2D eigenvalue weighted by molar-refractivity contribution is 5.81. The molecular formula is C17H25N3. The van der Waals surface area contributed by atoms with Crippen LogP contribution in [-0.2, 0) is 13.5 Å². The molecule has 1 heterocycles. The number of aromatic nitrogens is 2. The number of nitrogens with zero attached hydrogens (tertiary/aromatic N) is 2. The van der Waals surface area contributed by atoms with E-state index >= 15 is 0 Å². The third-order valence-corrected chi connectivity index (χ3v) is 4.70. The zero-order valence-corrected chi connectivity index (χ0v) is 12.6. The largest absolute Gasteiger partial charge is 0.316 e. The second kappa shape index (κ2) is 5.96. The molecule has 0 bridgehead atoms. The Morgan fingerprint density at radius 3 is 2.80 bits per heavy atom. The van der Waals surface area contributed by atoms with Crippen molar-refractivity contribution in [1.29, 1.82) is 0 Å². The number of hydrogen-bond acceptors (Lipinski definition) is 2. The minimum absolute atomic E-state index is 0.817. The van der Waals surface area contributed by atoms with Gasteiger partial charge >= 0.3 is 0 Å². The molecule has 1 saturated carbocycles. The number of nitrogens with one attached hydrogen (secondary N) is 1. The molecule has 2 unspecified atom stereocenters. The van der Waals surface area contributed by atoms with E-state index in [4.69, 9.17) is 5.10 Å². The summed E-state index contributed by atoms with van der Waals surface area (Å²) in [6.07, 6.45) is 5.11. The van der Waals surface area contributed by atoms with Crippen LogP contribution in [0.3, 0.4) is 0 Å². The second-order valence-corrected chi connectivity index (χ2v) is 6.09. The van der Waals surface area contributed by atoms with Crippen molar-refractivity contribution in [3.05, 3.63) is 30.0 Å². The van der Waals surface area contributed by atoms with E-state index in [1.54, 1.807) is 0 Å². The van der Waals surface area contributed by atoms with E-state index in [9.17, 15) is 0 Å². The maximum atomic E-state index is 4.74. The van der Waals surface area contributed by atoms with Crippen LogP contribution in [0.1, 0.15) is 31.9 Å². The van der Waals surface area contributed by atoms with Crippen LogP contribution >= 0.6 is 0 Å². The van der Waals surface area contributed by atoms with Gasteiger partial charge in [0, 0.05) is 12.4 Å². The molecule has 3 heteroatoms. The fraction of sp³-hybridized carbons (Fsp3) is 0.588. The van der Waals surface area contributed by atoms with Gasteiger partial charge in [0.05, 0.1) is 11.2 Å². The van der Waals surface area contributed by atoms with Gasteiger partial charge in [-0.15, -0.1) is 0 Å². The van der Waals surface area contributed by atoms with Crippen LogP contribution in [0.5, 0.6) is 0 Å². The third kappa shape index (κ3) is 2.59. The summed E-state index contributed by atoms with van der Waals surface area (Å²) in [4.78, 5) is 0. The Morgan fingerprint density at radius 2 is 2.05 bits per heavy atom. The van der Waals surface area contributed by atoms with Crippen LogP contribution in [0, 0.1) is 11.8 Å². The summed E-state index contributed by atoms with van der Waals surface area (Å²) in [7, 11) is 2.05. The molecule has 3 nitrogen and oxygen atoms in total. The summed E-state index contributed by atoms with van der Waals surface area (Å²) in [5, 5.41) is 9.64. The smallest absolute Gasteiger partial charge is 0.0706 e. The molecule has 108 valence electrons. The normalized spacial score (nSPS) is 22.1. The topological polar surface area (TPSA) is 29.9 Å². The molecule has 0 spiro atoms. The Bertz CT molecular complexity index is 573. The lowest BCUT2D eigenvalue weighted by Gasteiger charge is -2.36. The Hall–Kier alpha value is -1.35. The van der Waals surface area contributed by atoms with Crippen molar-refractivity contribution in [2.45, 2.75) is 32.6 Å². The van der Waals surface area contributed by atoms with Gasteiger partial charge in [-0.3, -0.25) is 4.68 Å². The summed E-state index contributed by atoms with van der Waals surface area (Å²) in [5.41, 5.74) is 2.54. The lowest BCUT2D eigenvalue weighted by Crippen LogP contribution is -2.36. The van der Waals surface area contributed by atoms with E-state index in [0.717, 1.165) is 24.8 Å². The highest BCUT2D eigenvalue weighted by Gasteiger charge is 2.31.